The van der Waals surface area contributed by atoms with Crippen molar-refractivity contribution in [3.05, 3.63) is 59.1 Å². The van der Waals surface area contributed by atoms with Crippen LogP contribution in [0.15, 0.2) is 48.0 Å². The molecule has 0 radical (unpaired) electrons. The van der Waals surface area contributed by atoms with E-state index in [1.54, 1.807) is 35.6 Å². The molecular weight excluding hydrogens is 372 g/mol. The van der Waals surface area contributed by atoms with Crippen molar-refractivity contribution < 1.29 is 9.53 Å². The van der Waals surface area contributed by atoms with E-state index in [1.807, 2.05) is 22.5 Å². The van der Waals surface area contributed by atoms with Crippen LogP contribution in [-0.2, 0) is 11.3 Å². The molecule has 0 bridgehead atoms. The molecular formula is C21H20N4O2S. The minimum atomic E-state index is -0.138. The van der Waals surface area contributed by atoms with Gasteiger partial charge in [0.2, 0.25) is 0 Å². The second-order valence-corrected chi connectivity index (χ2v) is 7.63. The third-order valence-corrected chi connectivity index (χ3v) is 5.70. The third kappa shape index (κ3) is 4.14. The van der Waals surface area contributed by atoms with E-state index in [0.717, 1.165) is 28.6 Å². The zero-order chi connectivity index (χ0) is 19.3. The van der Waals surface area contributed by atoms with Crippen molar-refractivity contribution >= 4 is 33.3 Å². The van der Waals surface area contributed by atoms with Gasteiger partial charge in [-0.2, -0.15) is 5.26 Å². The summed E-state index contributed by atoms with van der Waals surface area (Å²) in [6.45, 7) is 1.86. The number of urea groups is 1. The number of amides is 2. The molecule has 1 saturated heterocycles. The Hall–Kier alpha value is -2.95. The summed E-state index contributed by atoms with van der Waals surface area (Å²) in [4.78, 5) is 19.3. The first-order chi connectivity index (χ1) is 13.7. The van der Waals surface area contributed by atoms with Crippen LogP contribution in [0.5, 0.6) is 0 Å². The number of nitrogens with one attached hydrogen (secondary N) is 1. The van der Waals surface area contributed by atoms with Crippen LogP contribution in [0.3, 0.4) is 0 Å². The molecule has 0 spiro atoms. The Morgan fingerprint density at radius 2 is 2.04 bits per heavy atom. The average molecular weight is 392 g/mol. The molecule has 2 heterocycles. The number of fused-ring (bicyclic) bond motifs is 1. The van der Waals surface area contributed by atoms with Crippen LogP contribution >= 0.6 is 11.3 Å². The maximum absolute atomic E-state index is 13.1. The highest BCUT2D eigenvalue weighted by Gasteiger charge is 2.26. The molecule has 7 heteroatoms. The highest BCUT2D eigenvalue weighted by molar-refractivity contribution is 7.16. The van der Waals surface area contributed by atoms with Crippen molar-refractivity contribution in [1.82, 2.24) is 9.88 Å². The number of thiazole rings is 1. The molecule has 142 valence electrons. The number of carbonyl (C=O) groups excluding carboxylic acids is 1. The highest BCUT2D eigenvalue weighted by Crippen LogP contribution is 2.23. The fourth-order valence-corrected chi connectivity index (χ4v) is 4.12. The normalized spacial score (nSPS) is 14.5. The number of benzene rings is 2. The number of nitriles is 1. The van der Waals surface area contributed by atoms with Gasteiger partial charge in [0.15, 0.2) is 0 Å². The van der Waals surface area contributed by atoms with Gasteiger partial charge >= 0.3 is 6.03 Å². The summed E-state index contributed by atoms with van der Waals surface area (Å²) < 4.78 is 6.60. The molecule has 0 saturated carbocycles. The van der Waals surface area contributed by atoms with Gasteiger partial charge in [0.1, 0.15) is 0 Å². The van der Waals surface area contributed by atoms with E-state index in [2.05, 4.69) is 22.4 Å². The Bertz CT molecular complexity index is 1000. The predicted octanol–water partition coefficient (Wildman–Crippen LogP) is 4.38. The van der Waals surface area contributed by atoms with Gasteiger partial charge in [0, 0.05) is 31.5 Å². The number of rotatable bonds is 4. The molecule has 1 N–H and O–H groups in total. The maximum atomic E-state index is 13.1. The first kappa shape index (κ1) is 18.4. The van der Waals surface area contributed by atoms with Crippen molar-refractivity contribution in [1.29, 1.82) is 5.26 Å². The van der Waals surface area contributed by atoms with Crippen LogP contribution in [0.25, 0.3) is 10.2 Å². The number of ether oxygens (including phenoxy) is 1. The minimum Gasteiger partial charge on any atom is -0.381 e. The van der Waals surface area contributed by atoms with Crippen molar-refractivity contribution in [2.24, 2.45) is 0 Å². The summed E-state index contributed by atoms with van der Waals surface area (Å²) in [7, 11) is 0. The Morgan fingerprint density at radius 1 is 1.25 bits per heavy atom. The summed E-state index contributed by atoms with van der Waals surface area (Å²) in [5.74, 6) is 0. The van der Waals surface area contributed by atoms with Crippen molar-refractivity contribution in [2.75, 3.05) is 18.5 Å². The first-order valence-electron chi connectivity index (χ1n) is 9.20. The minimum absolute atomic E-state index is 0.129. The molecule has 0 unspecified atom stereocenters. The Labute approximate surface area is 167 Å². The number of nitrogens with zero attached hydrogens (tertiary/aromatic N) is 3. The van der Waals surface area contributed by atoms with Gasteiger partial charge in [-0.25, -0.2) is 9.78 Å². The number of hydrogen-bond acceptors (Lipinski definition) is 5. The van der Waals surface area contributed by atoms with Crippen LogP contribution < -0.4 is 5.32 Å². The monoisotopic (exact) mass is 392 g/mol. The lowest BCUT2D eigenvalue weighted by Gasteiger charge is -2.34. The van der Waals surface area contributed by atoms with Crippen LogP contribution in [0.4, 0.5) is 10.5 Å². The fourth-order valence-electron chi connectivity index (χ4n) is 3.38. The molecule has 28 heavy (non-hydrogen) atoms. The van der Waals surface area contributed by atoms with Crippen LogP contribution in [-0.4, -0.2) is 35.2 Å². The molecule has 1 aliphatic heterocycles. The lowest BCUT2D eigenvalue weighted by molar-refractivity contribution is 0.0460. The van der Waals surface area contributed by atoms with E-state index in [1.165, 1.54) is 0 Å². The van der Waals surface area contributed by atoms with Crippen LogP contribution in [0.1, 0.15) is 24.0 Å². The van der Waals surface area contributed by atoms with E-state index in [9.17, 15) is 4.79 Å². The molecule has 1 aromatic heterocycles. The summed E-state index contributed by atoms with van der Waals surface area (Å²) in [6.07, 6.45) is 1.65. The summed E-state index contributed by atoms with van der Waals surface area (Å²) in [5.41, 5.74) is 5.14. The van der Waals surface area contributed by atoms with Gasteiger partial charge in [-0.05, 0) is 54.8 Å². The average Bonchev–Trinajstić information content (AvgIpc) is 3.21. The molecule has 2 aromatic carbocycles. The quantitative estimate of drug-likeness (QED) is 0.715. The summed E-state index contributed by atoms with van der Waals surface area (Å²) >= 11 is 1.60. The van der Waals surface area contributed by atoms with Gasteiger partial charge in [0.05, 0.1) is 27.4 Å². The largest absolute Gasteiger partial charge is 0.381 e. The first-order valence-corrected chi connectivity index (χ1v) is 10.1. The van der Waals surface area contributed by atoms with Gasteiger partial charge in [-0.15, -0.1) is 11.3 Å². The van der Waals surface area contributed by atoms with Crippen molar-refractivity contribution in [3.8, 4) is 6.07 Å². The molecule has 4 rings (SSSR count). The SMILES string of the molecule is N#Cc1ccc(NC(=O)N(Cc2ccc3ncsc3c2)C2CCOCC2)cc1. The van der Waals surface area contributed by atoms with E-state index >= 15 is 0 Å². The van der Waals surface area contributed by atoms with Crippen LogP contribution in [0, 0.1) is 11.3 Å². The third-order valence-electron chi connectivity index (χ3n) is 4.91. The Balaban J connectivity index is 1.54. The molecule has 1 fully saturated rings. The highest BCUT2D eigenvalue weighted by atomic mass is 32.1. The van der Waals surface area contributed by atoms with Crippen molar-refractivity contribution in [3.63, 3.8) is 0 Å². The number of aromatic nitrogens is 1. The molecule has 6 nitrogen and oxygen atoms in total. The van der Waals surface area contributed by atoms with Gasteiger partial charge in [-0.1, -0.05) is 6.07 Å². The lowest BCUT2D eigenvalue weighted by Crippen LogP contribution is -2.45. The van der Waals surface area contributed by atoms with Crippen LogP contribution in [0.2, 0.25) is 0 Å². The van der Waals surface area contributed by atoms with Gasteiger partial charge < -0.3 is 15.0 Å². The predicted molar refractivity (Wildman–Crippen MR) is 109 cm³/mol. The number of carbonyl (C=O) groups is 1. The van der Waals surface area contributed by atoms with E-state index in [4.69, 9.17) is 10.00 Å². The van der Waals surface area contributed by atoms with Gasteiger partial charge in [-0.3, -0.25) is 0 Å². The molecule has 0 atom stereocenters. The zero-order valence-electron chi connectivity index (χ0n) is 15.3. The molecule has 0 aliphatic carbocycles. The second kappa shape index (κ2) is 8.38. The zero-order valence-corrected chi connectivity index (χ0v) is 16.1. The topological polar surface area (TPSA) is 78.3 Å². The van der Waals surface area contributed by atoms with Crippen molar-refractivity contribution in [2.45, 2.75) is 25.4 Å². The molecule has 1 aliphatic rings. The summed E-state index contributed by atoms with van der Waals surface area (Å²) in [6, 6.07) is 15.1. The van der Waals surface area contributed by atoms with E-state index < -0.39 is 0 Å². The molecule has 3 aromatic rings. The Morgan fingerprint density at radius 3 is 2.79 bits per heavy atom. The smallest absolute Gasteiger partial charge is 0.322 e. The summed E-state index contributed by atoms with van der Waals surface area (Å²) in [5, 5.41) is 11.9. The molecule has 2 amide bonds. The van der Waals surface area contributed by atoms with E-state index in [-0.39, 0.29) is 12.1 Å². The standard InChI is InChI=1S/C21H20N4O2S/c22-12-15-1-4-17(5-2-15)24-21(26)25(18-7-9-27-10-8-18)13-16-3-6-19-20(11-16)28-14-23-19/h1-6,11,14,18H,7-10,13H2,(H,24,26). The number of hydrogen-bond donors (Lipinski definition) is 1. The number of anilines is 1. The Kier molecular flexibility index (Phi) is 5.51. The second-order valence-electron chi connectivity index (χ2n) is 6.75. The fraction of sp³-hybridized carbons (Fsp3) is 0.286. The lowest BCUT2D eigenvalue weighted by atomic mass is 10.1. The van der Waals surface area contributed by atoms with E-state index in [0.29, 0.717) is 31.0 Å². The van der Waals surface area contributed by atoms with Gasteiger partial charge in [0.25, 0.3) is 0 Å². The maximum Gasteiger partial charge on any atom is 0.322 e.